The molecule has 0 aromatic carbocycles. The van der Waals surface area contributed by atoms with E-state index < -0.39 is 11.6 Å². The molecule has 0 nitrogen and oxygen atoms in total. The van der Waals surface area contributed by atoms with Crippen molar-refractivity contribution in [3.8, 4) is 0 Å². The molecule has 0 amide bonds. The normalized spacial score (nSPS) is 13.4. The molecular formula is C7H11F3. The Balaban J connectivity index is 4.57. The van der Waals surface area contributed by atoms with E-state index in [4.69, 9.17) is 0 Å². The Morgan fingerprint density at radius 2 is 1.50 bits per heavy atom. The van der Waals surface area contributed by atoms with Gasteiger partial charge in [-0.05, 0) is 20.8 Å². The van der Waals surface area contributed by atoms with Gasteiger partial charge in [-0.25, -0.2) is 0 Å². The summed E-state index contributed by atoms with van der Waals surface area (Å²) in [6.45, 7) is 6.90. The molecule has 3 heteroatoms. The quantitative estimate of drug-likeness (QED) is 0.506. The summed E-state index contributed by atoms with van der Waals surface area (Å²) in [5.41, 5.74) is -1.62. The number of halogens is 3. The molecule has 0 rings (SSSR count). The molecule has 0 aliphatic carbocycles. The minimum Gasteiger partial charge on any atom is -0.170 e. The van der Waals surface area contributed by atoms with E-state index in [-0.39, 0.29) is 5.57 Å². The van der Waals surface area contributed by atoms with Crippen LogP contribution in [0.3, 0.4) is 0 Å². The molecule has 0 aliphatic heterocycles. The largest absolute Gasteiger partial charge is 0.397 e. The van der Waals surface area contributed by atoms with Crippen LogP contribution in [-0.4, -0.2) is 6.18 Å². The van der Waals surface area contributed by atoms with Crippen molar-refractivity contribution in [1.29, 1.82) is 0 Å². The molecule has 60 valence electrons. The highest BCUT2D eigenvalue weighted by Crippen LogP contribution is 2.42. The SMILES string of the molecule is C=C(C)C(C)(C)C(F)(F)F. The van der Waals surface area contributed by atoms with Crippen LogP contribution in [0.2, 0.25) is 0 Å². The number of hydrogen-bond acceptors (Lipinski definition) is 0. The first-order valence-electron chi connectivity index (χ1n) is 2.92. The van der Waals surface area contributed by atoms with E-state index in [2.05, 4.69) is 6.58 Å². The van der Waals surface area contributed by atoms with Crippen molar-refractivity contribution in [2.75, 3.05) is 0 Å². The molecule has 0 atom stereocenters. The molecule has 0 spiro atoms. The van der Waals surface area contributed by atoms with E-state index in [1.54, 1.807) is 0 Å². The monoisotopic (exact) mass is 152 g/mol. The van der Waals surface area contributed by atoms with E-state index in [1.807, 2.05) is 0 Å². The van der Waals surface area contributed by atoms with E-state index in [0.717, 1.165) is 13.8 Å². The fraction of sp³-hybridized carbons (Fsp3) is 0.714. The zero-order chi connectivity index (χ0) is 8.58. The summed E-state index contributed by atoms with van der Waals surface area (Å²) >= 11 is 0. The van der Waals surface area contributed by atoms with Crippen molar-refractivity contribution >= 4 is 0 Å². The van der Waals surface area contributed by atoms with Crippen LogP contribution in [0.1, 0.15) is 20.8 Å². The fourth-order valence-corrected chi connectivity index (χ4v) is 0.242. The van der Waals surface area contributed by atoms with Gasteiger partial charge in [0, 0.05) is 0 Å². The molecule has 0 unspecified atom stereocenters. The number of hydrogen-bond donors (Lipinski definition) is 0. The summed E-state index contributed by atoms with van der Waals surface area (Å²) in [6, 6.07) is 0. The summed E-state index contributed by atoms with van der Waals surface area (Å²) in [7, 11) is 0. The fourth-order valence-electron chi connectivity index (χ4n) is 0.242. The average Bonchev–Trinajstić information content (AvgIpc) is 1.62. The molecule has 10 heavy (non-hydrogen) atoms. The van der Waals surface area contributed by atoms with Crippen LogP contribution < -0.4 is 0 Å². The number of alkyl halides is 3. The van der Waals surface area contributed by atoms with Gasteiger partial charge in [0.2, 0.25) is 0 Å². The summed E-state index contributed by atoms with van der Waals surface area (Å²) in [5, 5.41) is 0. The Morgan fingerprint density at radius 3 is 1.50 bits per heavy atom. The van der Waals surface area contributed by atoms with Crippen LogP contribution in [-0.2, 0) is 0 Å². The second kappa shape index (κ2) is 2.29. The highest BCUT2D eigenvalue weighted by molar-refractivity contribution is 5.06. The molecule has 0 radical (unpaired) electrons. The van der Waals surface area contributed by atoms with Gasteiger partial charge in [-0.1, -0.05) is 12.2 Å². The summed E-state index contributed by atoms with van der Waals surface area (Å²) in [5.74, 6) is 0. The standard InChI is InChI=1S/C7H11F3/c1-5(2)6(3,4)7(8,9)10/h1H2,2-4H3. The summed E-state index contributed by atoms with van der Waals surface area (Å²) < 4.78 is 36.1. The minimum absolute atomic E-state index is 0.139. The number of rotatable bonds is 1. The first-order chi connectivity index (χ1) is 4.19. The van der Waals surface area contributed by atoms with Gasteiger partial charge < -0.3 is 0 Å². The molecule has 0 aliphatic rings. The third kappa shape index (κ3) is 1.52. The molecule has 0 saturated heterocycles. The molecular weight excluding hydrogens is 141 g/mol. The Hall–Kier alpha value is -0.470. The lowest BCUT2D eigenvalue weighted by Gasteiger charge is -2.27. The van der Waals surface area contributed by atoms with Crippen LogP contribution in [0, 0.1) is 5.41 Å². The van der Waals surface area contributed by atoms with E-state index >= 15 is 0 Å². The molecule has 0 N–H and O–H groups in total. The lowest BCUT2D eigenvalue weighted by Crippen LogP contribution is -2.32. The lowest BCUT2D eigenvalue weighted by atomic mass is 9.85. The zero-order valence-corrected chi connectivity index (χ0v) is 6.34. The van der Waals surface area contributed by atoms with Crippen LogP contribution in [0.15, 0.2) is 12.2 Å². The maximum atomic E-state index is 12.0. The Kier molecular flexibility index (Phi) is 2.18. The molecule has 0 fully saturated rings. The van der Waals surface area contributed by atoms with Crippen LogP contribution in [0.25, 0.3) is 0 Å². The van der Waals surface area contributed by atoms with Crippen LogP contribution in [0.4, 0.5) is 13.2 Å². The van der Waals surface area contributed by atoms with Gasteiger partial charge in [-0.15, -0.1) is 0 Å². The van der Waals surface area contributed by atoms with Gasteiger partial charge in [-0.3, -0.25) is 0 Å². The topological polar surface area (TPSA) is 0 Å². The number of allylic oxidation sites excluding steroid dienone is 1. The third-order valence-corrected chi connectivity index (χ3v) is 1.78. The van der Waals surface area contributed by atoms with Crippen molar-refractivity contribution in [3.05, 3.63) is 12.2 Å². The Labute approximate surface area is 58.7 Å². The smallest absolute Gasteiger partial charge is 0.170 e. The van der Waals surface area contributed by atoms with Gasteiger partial charge in [0.15, 0.2) is 0 Å². The molecule has 0 aromatic rings. The third-order valence-electron chi connectivity index (χ3n) is 1.78. The van der Waals surface area contributed by atoms with Crippen molar-refractivity contribution in [2.24, 2.45) is 5.41 Å². The first kappa shape index (κ1) is 9.53. The van der Waals surface area contributed by atoms with Crippen molar-refractivity contribution in [3.63, 3.8) is 0 Å². The van der Waals surface area contributed by atoms with Gasteiger partial charge in [0.05, 0.1) is 5.41 Å². The first-order valence-corrected chi connectivity index (χ1v) is 2.92. The summed E-state index contributed by atoms with van der Waals surface area (Å²) in [4.78, 5) is 0. The maximum Gasteiger partial charge on any atom is 0.397 e. The Bertz CT molecular complexity index is 141. The highest BCUT2D eigenvalue weighted by atomic mass is 19.4. The van der Waals surface area contributed by atoms with Crippen molar-refractivity contribution in [2.45, 2.75) is 26.9 Å². The highest BCUT2D eigenvalue weighted by Gasteiger charge is 2.47. The van der Waals surface area contributed by atoms with Gasteiger partial charge in [0.1, 0.15) is 0 Å². The van der Waals surface area contributed by atoms with Crippen LogP contribution in [0.5, 0.6) is 0 Å². The molecule has 0 bridgehead atoms. The molecule has 0 aromatic heterocycles. The van der Waals surface area contributed by atoms with E-state index in [9.17, 15) is 13.2 Å². The van der Waals surface area contributed by atoms with Gasteiger partial charge in [0.25, 0.3) is 0 Å². The van der Waals surface area contributed by atoms with E-state index in [0.29, 0.717) is 0 Å². The Morgan fingerprint density at radius 1 is 1.20 bits per heavy atom. The average molecular weight is 152 g/mol. The van der Waals surface area contributed by atoms with Crippen molar-refractivity contribution < 1.29 is 13.2 Å². The molecule has 0 saturated carbocycles. The summed E-state index contributed by atoms with van der Waals surface area (Å²) in [6.07, 6.45) is -4.18. The predicted molar refractivity (Wildman–Crippen MR) is 34.6 cm³/mol. The second-order valence-corrected chi connectivity index (χ2v) is 2.90. The maximum absolute atomic E-state index is 12.0. The predicted octanol–water partition coefficient (Wildman–Crippen LogP) is 3.15. The van der Waals surface area contributed by atoms with Gasteiger partial charge in [-0.2, -0.15) is 13.2 Å². The van der Waals surface area contributed by atoms with E-state index in [1.165, 1.54) is 6.92 Å². The van der Waals surface area contributed by atoms with Gasteiger partial charge >= 0.3 is 6.18 Å². The van der Waals surface area contributed by atoms with Crippen LogP contribution >= 0.6 is 0 Å². The lowest BCUT2D eigenvalue weighted by molar-refractivity contribution is -0.197. The minimum atomic E-state index is -4.18. The zero-order valence-electron chi connectivity index (χ0n) is 6.34. The molecule has 0 heterocycles. The second-order valence-electron chi connectivity index (χ2n) is 2.90. The van der Waals surface area contributed by atoms with Crippen molar-refractivity contribution in [1.82, 2.24) is 0 Å².